The summed E-state index contributed by atoms with van der Waals surface area (Å²) in [6.45, 7) is 0.858. The van der Waals surface area contributed by atoms with Gasteiger partial charge in [-0.2, -0.15) is 0 Å². The van der Waals surface area contributed by atoms with Crippen molar-refractivity contribution >= 4 is 5.97 Å². The van der Waals surface area contributed by atoms with Crippen molar-refractivity contribution in [3.63, 3.8) is 0 Å². The molecule has 1 atom stereocenters. The second-order valence-electron chi connectivity index (χ2n) is 1.99. The number of rotatable bonds is 1. The number of nitrogens with one attached hydrogen (secondary N) is 1. The number of aliphatic carboxylic acids is 1. The van der Waals surface area contributed by atoms with Crippen molar-refractivity contribution in [2.75, 3.05) is 6.54 Å². The first kappa shape index (κ1) is 8.43. The van der Waals surface area contributed by atoms with Crippen LogP contribution in [-0.4, -0.2) is 23.7 Å². The summed E-state index contributed by atoms with van der Waals surface area (Å²) in [6.07, 6.45) is 1.78. The first-order valence-electron chi connectivity index (χ1n) is 2.77. The van der Waals surface area contributed by atoms with Crippen LogP contribution in [0.1, 0.15) is 20.3 Å². The van der Waals surface area contributed by atoms with Gasteiger partial charge in [0, 0.05) is 0 Å². The van der Waals surface area contributed by atoms with E-state index in [1.807, 2.05) is 0 Å². The standard InChI is InChI=1S/C5H9NO2.CH4/c7-5(8)4-2-1-3-6-4;/h4,6H,1-3H2,(H,7,8);1H4/t4-;/m0./s1. The highest BCUT2D eigenvalue weighted by molar-refractivity contribution is 5.73. The lowest BCUT2D eigenvalue weighted by molar-refractivity contribution is -0.139. The summed E-state index contributed by atoms with van der Waals surface area (Å²) in [5.41, 5.74) is 0. The Morgan fingerprint density at radius 1 is 1.67 bits per heavy atom. The van der Waals surface area contributed by atoms with E-state index in [9.17, 15) is 4.79 Å². The second kappa shape index (κ2) is 3.45. The molecular weight excluding hydrogens is 118 g/mol. The third-order valence-corrected chi connectivity index (χ3v) is 1.36. The van der Waals surface area contributed by atoms with E-state index in [-0.39, 0.29) is 13.5 Å². The number of carbonyl (C=O) groups is 1. The summed E-state index contributed by atoms with van der Waals surface area (Å²) in [5, 5.41) is 11.2. The van der Waals surface area contributed by atoms with Crippen molar-refractivity contribution in [2.24, 2.45) is 0 Å². The lowest BCUT2D eigenvalue weighted by Crippen LogP contribution is -2.29. The number of carboxylic acid groups (broad SMARTS) is 1. The molecule has 1 aliphatic heterocycles. The largest absolute Gasteiger partial charge is 0.480 e. The summed E-state index contributed by atoms with van der Waals surface area (Å²) in [6, 6.07) is -0.269. The predicted octanol–water partition coefficient (Wildman–Crippen LogP) is 0.459. The van der Waals surface area contributed by atoms with Gasteiger partial charge in [-0.1, -0.05) is 7.43 Å². The lowest BCUT2D eigenvalue weighted by atomic mass is 10.2. The van der Waals surface area contributed by atoms with Gasteiger partial charge in [0.2, 0.25) is 0 Å². The summed E-state index contributed by atoms with van der Waals surface area (Å²) in [7, 11) is 0. The minimum Gasteiger partial charge on any atom is -0.480 e. The molecule has 0 aromatic carbocycles. The smallest absolute Gasteiger partial charge is 0.320 e. The summed E-state index contributed by atoms with van der Waals surface area (Å²) in [5.74, 6) is -0.720. The molecular formula is C6H13NO2. The van der Waals surface area contributed by atoms with Crippen molar-refractivity contribution < 1.29 is 9.90 Å². The Morgan fingerprint density at radius 3 is 2.56 bits per heavy atom. The highest BCUT2D eigenvalue weighted by Crippen LogP contribution is 2.03. The molecule has 0 aromatic rings. The monoisotopic (exact) mass is 131 g/mol. The summed E-state index contributed by atoms with van der Waals surface area (Å²) >= 11 is 0. The molecule has 0 unspecified atom stereocenters. The van der Waals surface area contributed by atoms with Crippen LogP contribution in [0.25, 0.3) is 0 Å². The van der Waals surface area contributed by atoms with Crippen molar-refractivity contribution in [1.29, 1.82) is 0 Å². The maximum absolute atomic E-state index is 10.1. The Kier molecular flexibility index (Phi) is 3.24. The molecule has 0 spiro atoms. The van der Waals surface area contributed by atoms with Gasteiger partial charge >= 0.3 is 5.97 Å². The van der Waals surface area contributed by atoms with Gasteiger partial charge in [0.1, 0.15) is 6.04 Å². The molecule has 1 fully saturated rings. The van der Waals surface area contributed by atoms with Crippen LogP contribution in [0.3, 0.4) is 0 Å². The van der Waals surface area contributed by atoms with Gasteiger partial charge in [0.05, 0.1) is 0 Å². The van der Waals surface area contributed by atoms with E-state index in [2.05, 4.69) is 5.32 Å². The van der Waals surface area contributed by atoms with Gasteiger partial charge in [-0.15, -0.1) is 0 Å². The highest BCUT2D eigenvalue weighted by Gasteiger charge is 2.20. The van der Waals surface area contributed by atoms with Crippen LogP contribution in [0.15, 0.2) is 0 Å². The molecule has 0 aliphatic carbocycles. The van der Waals surface area contributed by atoms with Gasteiger partial charge in [0.25, 0.3) is 0 Å². The average Bonchev–Trinajstić information content (AvgIpc) is 2.12. The molecule has 1 rings (SSSR count). The van der Waals surface area contributed by atoms with Gasteiger partial charge < -0.3 is 10.4 Å². The number of hydrogen-bond donors (Lipinski definition) is 2. The van der Waals surface area contributed by atoms with Crippen LogP contribution in [0.2, 0.25) is 0 Å². The number of carboxylic acids is 1. The fourth-order valence-corrected chi connectivity index (χ4v) is 0.895. The number of hydrogen-bond acceptors (Lipinski definition) is 2. The van der Waals surface area contributed by atoms with Crippen LogP contribution in [0.4, 0.5) is 0 Å². The van der Waals surface area contributed by atoms with Gasteiger partial charge in [-0.05, 0) is 19.4 Å². The molecule has 0 aromatic heterocycles. The van der Waals surface area contributed by atoms with E-state index in [0.717, 1.165) is 19.4 Å². The van der Waals surface area contributed by atoms with Crippen molar-refractivity contribution in [3.05, 3.63) is 0 Å². The fourth-order valence-electron chi connectivity index (χ4n) is 0.895. The maximum atomic E-state index is 10.1. The van der Waals surface area contributed by atoms with Crippen LogP contribution >= 0.6 is 0 Å². The molecule has 3 nitrogen and oxygen atoms in total. The van der Waals surface area contributed by atoms with Crippen molar-refractivity contribution in [1.82, 2.24) is 5.32 Å². The lowest BCUT2D eigenvalue weighted by Gasteiger charge is -1.99. The van der Waals surface area contributed by atoms with Gasteiger partial charge in [-0.25, -0.2) is 0 Å². The minimum atomic E-state index is -0.720. The molecule has 3 heteroatoms. The molecule has 0 radical (unpaired) electrons. The normalized spacial score (nSPS) is 25.1. The maximum Gasteiger partial charge on any atom is 0.320 e. The average molecular weight is 131 g/mol. The topological polar surface area (TPSA) is 49.3 Å². The van der Waals surface area contributed by atoms with E-state index < -0.39 is 5.97 Å². The molecule has 1 heterocycles. The van der Waals surface area contributed by atoms with E-state index in [1.54, 1.807) is 0 Å². The molecule has 54 valence electrons. The highest BCUT2D eigenvalue weighted by atomic mass is 16.4. The van der Waals surface area contributed by atoms with Gasteiger partial charge in [-0.3, -0.25) is 4.79 Å². The van der Waals surface area contributed by atoms with Gasteiger partial charge in [0.15, 0.2) is 0 Å². The first-order chi connectivity index (χ1) is 3.80. The van der Waals surface area contributed by atoms with E-state index in [1.165, 1.54) is 0 Å². The van der Waals surface area contributed by atoms with Crippen LogP contribution in [0.5, 0.6) is 0 Å². The minimum absolute atomic E-state index is 0. The van der Waals surface area contributed by atoms with Crippen molar-refractivity contribution in [2.45, 2.75) is 26.3 Å². The Labute approximate surface area is 55.1 Å². The molecule has 9 heavy (non-hydrogen) atoms. The van der Waals surface area contributed by atoms with Crippen LogP contribution < -0.4 is 5.32 Å². The van der Waals surface area contributed by atoms with Crippen LogP contribution in [-0.2, 0) is 4.79 Å². The van der Waals surface area contributed by atoms with E-state index in [0.29, 0.717) is 0 Å². The molecule has 1 aliphatic rings. The molecule has 0 saturated carbocycles. The first-order valence-corrected chi connectivity index (χ1v) is 2.77. The Bertz CT molecular complexity index is 97.2. The zero-order valence-corrected chi connectivity index (χ0v) is 4.55. The molecule has 1 saturated heterocycles. The van der Waals surface area contributed by atoms with E-state index in [4.69, 9.17) is 5.11 Å². The zero-order valence-electron chi connectivity index (χ0n) is 4.55. The van der Waals surface area contributed by atoms with E-state index >= 15 is 0 Å². The molecule has 0 amide bonds. The fraction of sp³-hybridized carbons (Fsp3) is 0.833. The summed E-state index contributed by atoms with van der Waals surface area (Å²) < 4.78 is 0. The molecule has 2 N–H and O–H groups in total. The second-order valence-corrected chi connectivity index (χ2v) is 1.99. The zero-order chi connectivity index (χ0) is 5.98. The Balaban J connectivity index is 0.000000640. The predicted molar refractivity (Wildman–Crippen MR) is 35.4 cm³/mol. The van der Waals surface area contributed by atoms with Crippen LogP contribution in [0, 0.1) is 0 Å². The molecule has 0 bridgehead atoms. The SMILES string of the molecule is C.O=C(O)[C@@H]1CCCN1. The third-order valence-electron chi connectivity index (χ3n) is 1.36. The van der Waals surface area contributed by atoms with Crippen molar-refractivity contribution in [3.8, 4) is 0 Å². The quantitative estimate of drug-likeness (QED) is 0.543. The Hall–Kier alpha value is -0.570. The Morgan fingerprint density at radius 2 is 2.33 bits per heavy atom. The third kappa shape index (κ3) is 2.01. The summed E-state index contributed by atoms with van der Waals surface area (Å²) in [4.78, 5) is 10.1.